The number of nitrogens with zero attached hydrogens (tertiary/aromatic N) is 3. The van der Waals surface area contributed by atoms with Crippen LogP contribution in [0.15, 0.2) is 0 Å². The molecule has 1 N–H and O–H groups in total. The molecule has 0 fully saturated rings. The second-order valence-corrected chi connectivity index (χ2v) is 4.45. The van der Waals surface area contributed by atoms with Crippen molar-refractivity contribution in [2.75, 3.05) is 23.4 Å². The van der Waals surface area contributed by atoms with E-state index in [2.05, 4.69) is 16.3 Å². The second kappa shape index (κ2) is 6.15. The maximum atomic E-state index is 10.9. The van der Waals surface area contributed by atoms with Gasteiger partial charge in [0, 0.05) is 19.3 Å². The van der Waals surface area contributed by atoms with Gasteiger partial charge in [-0.1, -0.05) is 5.92 Å². The Bertz CT molecular complexity index is 450. The van der Waals surface area contributed by atoms with Crippen molar-refractivity contribution in [3.8, 4) is 12.3 Å². The van der Waals surface area contributed by atoms with E-state index in [0.29, 0.717) is 23.8 Å². The van der Waals surface area contributed by atoms with Crippen LogP contribution in [-0.4, -0.2) is 32.8 Å². The number of aryl methyl sites for hydroxylation is 2. The summed E-state index contributed by atoms with van der Waals surface area (Å²) in [6.45, 7) is 2.24. The molecule has 0 aliphatic rings. The molecule has 0 spiro atoms. The van der Waals surface area contributed by atoms with Crippen molar-refractivity contribution in [2.45, 2.75) is 6.92 Å². The number of nitro groups is 1. The number of thioether (sulfide) groups is 1. The van der Waals surface area contributed by atoms with Crippen LogP contribution >= 0.6 is 11.8 Å². The van der Waals surface area contributed by atoms with Crippen molar-refractivity contribution in [1.82, 2.24) is 9.78 Å². The van der Waals surface area contributed by atoms with Crippen molar-refractivity contribution in [2.24, 2.45) is 7.05 Å². The molecule has 6 nitrogen and oxygen atoms in total. The van der Waals surface area contributed by atoms with E-state index in [1.54, 1.807) is 25.7 Å². The summed E-state index contributed by atoms with van der Waals surface area (Å²) < 4.78 is 1.49. The number of aromatic nitrogens is 2. The molecular weight excluding hydrogens is 240 g/mol. The fraction of sp³-hybridized carbons (Fsp3) is 0.500. The molecule has 0 atom stereocenters. The van der Waals surface area contributed by atoms with Crippen LogP contribution in [0.2, 0.25) is 0 Å². The molecular formula is C10H14N4O2S. The Morgan fingerprint density at radius 3 is 3.00 bits per heavy atom. The maximum Gasteiger partial charge on any atom is 0.333 e. The summed E-state index contributed by atoms with van der Waals surface area (Å²) in [7, 11) is 1.68. The van der Waals surface area contributed by atoms with Crippen LogP contribution in [-0.2, 0) is 7.05 Å². The standard InChI is InChI=1S/C10H14N4O2S/c1-4-6-17-7-5-11-10-9(14(15)16)8(2)12-13(10)3/h1,11H,5-7H2,2-3H3. The van der Waals surface area contributed by atoms with E-state index in [1.807, 2.05) is 0 Å². The zero-order valence-electron chi connectivity index (χ0n) is 9.77. The predicted molar refractivity (Wildman–Crippen MR) is 69.2 cm³/mol. The third-order valence-electron chi connectivity index (χ3n) is 2.10. The van der Waals surface area contributed by atoms with Crippen LogP contribution < -0.4 is 5.32 Å². The highest BCUT2D eigenvalue weighted by molar-refractivity contribution is 7.99. The first-order valence-corrected chi connectivity index (χ1v) is 6.16. The molecule has 17 heavy (non-hydrogen) atoms. The van der Waals surface area contributed by atoms with Gasteiger partial charge in [0.25, 0.3) is 0 Å². The van der Waals surface area contributed by atoms with Gasteiger partial charge in [-0.25, -0.2) is 4.68 Å². The van der Waals surface area contributed by atoms with Crippen LogP contribution in [0.4, 0.5) is 11.5 Å². The molecule has 0 radical (unpaired) electrons. The molecule has 0 aliphatic carbocycles. The average molecular weight is 254 g/mol. The highest BCUT2D eigenvalue weighted by Gasteiger charge is 2.23. The predicted octanol–water partition coefficient (Wildman–Crippen LogP) is 1.42. The van der Waals surface area contributed by atoms with Gasteiger partial charge in [-0.2, -0.15) is 5.10 Å². The summed E-state index contributed by atoms with van der Waals surface area (Å²) in [6.07, 6.45) is 5.12. The zero-order valence-corrected chi connectivity index (χ0v) is 10.6. The molecule has 92 valence electrons. The largest absolute Gasteiger partial charge is 0.364 e. The van der Waals surface area contributed by atoms with Gasteiger partial charge in [-0.3, -0.25) is 10.1 Å². The summed E-state index contributed by atoms with van der Waals surface area (Å²) in [4.78, 5) is 10.5. The van der Waals surface area contributed by atoms with Gasteiger partial charge < -0.3 is 5.32 Å². The minimum atomic E-state index is -0.417. The van der Waals surface area contributed by atoms with Crippen molar-refractivity contribution < 1.29 is 4.92 Å². The quantitative estimate of drug-likeness (QED) is 0.360. The lowest BCUT2D eigenvalue weighted by molar-refractivity contribution is -0.384. The fourth-order valence-corrected chi connectivity index (χ4v) is 1.94. The Hall–Kier alpha value is -1.68. The SMILES string of the molecule is C#CCSCCNc1c([N+](=O)[O-])c(C)nn1C. The summed E-state index contributed by atoms with van der Waals surface area (Å²) in [5.74, 6) is 4.40. The van der Waals surface area contributed by atoms with Crippen molar-refractivity contribution in [3.63, 3.8) is 0 Å². The van der Waals surface area contributed by atoms with Crippen molar-refractivity contribution in [1.29, 1.82) is 0 Å². The van der Waals surface area contributed by atoms with E-state index in [0.717, 1.165) is 5.75 Å². The van der Waals surface area contributed by atoms with E-state index in [-0.39, 0.29) is 5.69 Å². The summed E-state index contributed by atoms with van der Waals surface area (Å²) >= 11 is 1.60. The molecule has 0 saturated carbocycles. The smallest absolute Gasteiger partial charge is 0.333 e. The Kier molecular flexibility index (Phi) is 4.84. The van der Waals surface area contributed by atoms with E-state index < -0.39 is 4.92 Å². The topological polar surface area (TPSA) is 73.0 Å². The van der Waals surface area contributed by atoms with Gasteiger partial charge in [-0.05, 0) is 6.92 Å². The lowest BCUT2D eigenvalue weighted by Crippen LogP contribution is -2.09. The monoisotopic (exact) mass is 254 g/mol. The number of rotatable bonds is 6. The van der Waals surface area contributed by atoms with Crippen LogP contribution in [0.25, 0.3) is 0 Å². The Balaban J connectivity index is 2.64. The molecule has 0 bridgehead atoms. The second-order valence-electron chi connectivity index (χ2n) is 3.35. The van der Waals surface area contributed by atoms with E-state index in [1.165, 1.54) is 4.68 Å². The summed E-state index contributed by atoms with van der Waals surface area (Å²) in [5, 5.41) is 17.9. The van der Waals surface area contributed by atoms with E-state index in [9.17, 15) is 10.1 Å². The van der Waals surface area contributed by atoms with Crippen molar-refractivity contribution in [3.05, 3.63) is 15.8 Å². The van der Waals surface area contributed by atoms with Crippen LogP contribution in [0.3, 0.4) is 0 Å². The van der Waals surface area contributed by atoms with Crippen LogP contribution in [0.1, 0.15) is 5.69 Å². The lowest BCUT2D eigenvalue weighted by Gasteiger charge is -2.04. The van der Waals surface area contributed by atoms with Gasteiger partial charge >= 0.3 is 5.69 Å². The van der Waals surface area contributed by atoms with Crippen LogP contribution in [0, 0.1) is 29.4 Å². The van der Waals surface area contributed by atoms with Gasteiger partial charge in [0.05, 0.1) is 10.7 Å². The molecule has 0 aliphatic heterocycles. The molecule has 1 aromatic rings. The van der Waals surface area contributed by atoms with Gasteiger partial charge in [0.2, 0.25) is 5.82 Å². The first-order valence-electron chi connectivity index (χ1n) is 5.01. The fourth-order valence-electron chi connectivity index (χ4n) is 1.44. The first-order chi connectivity index (χ1) is 8.07. The van der Waals surface area contributed by atoms with Crippen LogP contribution in [0.5, 0.6) is 0 Å². The number of terminal acetylenes is 1. The number of hydrogen-bond donors (Lipinski definition) is 1. The molecule has 1 heterocycles. The molecule has 0 amide bonds. The zero-order chi connectivity index (χ0) is 12.8. The van der Waals surface area contributed by atoms with Gasteiger partial charge in [0.1, 0.15) is 5.69 Å². The Morgan fingerprint density at radius 2 is 2.41 bits per heavy atom. The minimum Gasteiger partial charge on any atom is -0.364 e. The van der Waals surface area contributed by atoms with E-state index >= 15 is 0 Å². The third-order valence-corrected chi connectivity index (χ3v) is 2.96. The van der Waals surface area contributed by atoms with Gasteiger partial charge in [0.15, 0.2) is 0 Å². The van der Waals surface area contributed by atoms with Gasteiger partial charge in [-0.15, -0.1) is 18.2 Å². The number of anilines is 1. The summed E-state index contributed by atoms with van der Waals surface area (Å²) in [6, 6.07) is 0. The average Bonchev–Trinajstić information content (AvgIpc) is 2.53. The lowest BCUT2D eigenvalue weighted by atomic mass is 10.4. The molecule has 0 unspecified atom stereocenters. The van der Waals surface area contributed by atoms with E-state index in [4.69, 9.17) is 6.42 Å². The molecule has 0 aromatic carbocycles. The molecule has 0 saturated heterocycles. The molecule has 1 rings (SSSR count). The molecule has 1 aromatic heterocycles. The minimum absolute atomic E-state index is 0.0365. The Morgan fingerprint density at radius 1 is 1.71 bits per heavy atom. The Labute approximate surface area is 104 Å². The number of hydrogen-bond acceptors (Lipinski definition) is 5. The highest BCUT2D eigenvalue weighted by Crippen LogP contribution is 2.26. The normalized spacial score (nSPS) is 9.94. The first kappa shape index (κ1) is 13.4. The highest BCUT2D eigenvalue weighted by atomic mass is 32.2. The summed E-state index contributed by atoms with van der Waals surface area (Å²) in [5.41, 5.74) is 0.450. The third kappa shape index (κ3) is 3.39. The maximum absolute atomic E-state index is 10.9. The van der Waals surface area contributed by atoms with Crippen molar-refractivity contribution >= 4 is 23.3 Å². The number of nitrogens with one attached hydrogen (secondary N) is 1. The molecule has 7 heteroatoms.